The highest BCUT2D eigenvalue weighted by Gasteiger charge is 2.23. The van der Waals surface area contributed by atoms with E-state index in [1.807, 2.05) is 18.2 Å². The Morgan fingerprint density at radius 2 is 1.09 bits per heavy atom. The third-order valence-electron chi connectivity index (χ3n) is 6.18. The maximum atomic E-state index is 12.4. The van der Waals surface area contributed by atoms with Gasteiger partial charge in [-0.3, -0.25) is 0 Å². The topological polar surface area (TPSA) is 35.5 Å². The first-order valence-electron chi connectivity index (χ1n) is 11.4. The van der Waals surface area contributed by atoms with Gasteiger partial charge in [-0.25, -0.2) is 4.79 Å². The fraction of sp³-hybridized carbons (Fsp3) is 0.367. The summed E-state index contributed by atoms with van der Waals surface area (Å²) in [6.45, 7) is 13.3. The Bertz CT molecular complexity index is 1040. The number of methoxy groups -OCH3 is 2. The van der Waals surface area contributed by atoms with Crippen LogP contribution in [-0.4, -0.2) is 20.2 Å². The molecule has 3 aromatic rings. The molecule has 3 aromatic carbocycles. The van der Waals surface area contributed by atoms with E-state index in [2.05, 4.69) is 90.1 Å². The lowest BCUT2D eigenvalue weighted by atomic mass is 9.80. The van der Waals surface area contributed by atoms with Crippen molar-refractivity contribution in [3.05, 3.63) is 100 Å². The zero-order chi connectivity index (χ0) is 24.4. The van der Waals surface area contributed by atoms with Crippen LogP contribution in [-0.2, 0) is 15.6 Å². The van der Waals surface area contributed by atoms with Crippen LogP contribution in [0.4, 0.5) is 0 Å². The Labute approximate surface area is 198 Å². The largest absolute Gasteiger partial charge is 0.496 e. The minimum Gasteiger partial charge on any atom is -0.496 e. The van der Waals surface area contributed by atoms with Gasteiger partial charge in [-0.2, -0.15) is 0 Å². The van der Waals surface area contributed by atoms with Crippen LogP contribution in [0.2, 0.25) is 0 Å². The summed E-state index contributed by atoms with van der Waals surface area (Å²) in [7, 11) is 2.96. The first-order valence-corrected chi connectivity index (χ1v) is 11.4. The van der Waals surface area contributed by atoms with Gasteiger partial charge in [-0.15, -0.1) is 0 Å². The van der Waals surface area contributed by atoms with Gasteiger partial charge in [-0.1, -0.05) is 96.1 Å². The van der Waals surface area contributed by atoms with Crippen molar-refractivity contribution in [2.75, 3.05) is 14.2 Å². The SMILES string of the molecule is COC(=O)c1cc(C(c2ccc(C(C)(C)C)cc2)c2ccc(C(C)(C)C)cc2)ccc1OC. The predicted octanol–water partition coefficient (Wildman–Crippen LogP) is 7.26. The highest BCUT2D eigenvalue weighted by Crippen LogP contribution is 2.36. The van der Waals surface area contributed by atoms with Crippen LogP contribution >= 0.6 is 0 Å². The highest BCUT2D eigenvalue weighted by molar-refractivity contribution is 5.92. The number of ether oxygens (including phenoxy) is 2. The van der Waals surface area contributed by atoms with Crippen molar-refractivity contribution in [3.8, 4) is 5.75 Å². The summed E-state index contributed by atoms with van der Waals surface area (Å²) in [6.07, 6.45) is 0. The molecule has 0 aliphatic carbocycles. The van der Waals surface area contributed by atoms with Crippen molar-refractivity contribution in [1.29, 1.82) is 0 Å². The molecule has 0 N–H and O–H groups in total. The summed E-state index contributed by atoms with van der Waals surface area (Å²) in [5.74, 6) is 0.0801. The molecule has 33 heavy (non-hydrogen) atoms. The van der Waals surface area contributed by atoms with Gasteiger partial charge in [0, 0.05) is 5.92 Å². The average Bonchev–Trinajstić information content (AvgIpc) is 2.78. The number of esters is 1. The Balaban J connectivity index is 2.17. The molecule has 0 heterocycles. The number of hydrogen-bond acceptors (Lipinski definition) is 3. The number of carbonyl (C=O) groups excluding carboxylic acids is 1. The van der Waals surface area contributed by atoms with Crippen molar-refractivity contribution in [2.45, 2.75) is 58.3 Å². The van der Waals surface area contributed by atoms with E-state index < -0.39 is 5.97 Å². The first kappa shape index (κ1) is 24.6. The normalized spacial score (nSPS) is 12.0. The van der Waals surface area contributed by atoms with E-state index in [1.54, 1.807) is 7.11 Å². The third kappa shape index (κ3) is 5.47. The Morgan fingerprint density at radius 1 is 0.667 bits per heavy atom. The number of rotatable bonds is 5. The monoisotopic (exact) mass is 444 g/mol. The van der Waals surface area contributed by atoms with Crippen LogP contribution in [0.3, 0.4) is 0 Å². The van der Waals surface area contributed by atoms with Crippen molar-refractivity contribution < 1.29 is 14.3 Å². The first-order chi connectivity index (χ1) is 15.5. The molecule has 0 aliphatic rings. The lowest BCUT2D eigenvalue weighted by molar-refractivity contribution is 0.0597. The van der Waals surface area contributed by atoms with Crippen LogP contribution in [0.1, 0.15) is 85.6 Å². The van der Waals surface area contributed by atoms with Gasteiger partial charge in [0.2, 0.25) is 0 Å². The minimum absolute atomic E-state index is 0.0256. The molecule has 174 valence electrons. The molecule has 0 spiro atoms. The van der Waals surface area contributed by atoms with E-state index in [9.17, 15) is 4.79 Å². The van der Waals surface area contributed by atoms with Gasteiger partial charge in [-0.05, 0) is 50.8 Å². The van der Waals surface area contributed by atoms with Crippen molar-refractivity contribution in [1.82, 2.24) is 0 Å². The summed E-state index contributed by atoms with van der Waals surface area (Å²) in [4.78, 5) is 12.4. The van der Waals surface area contributed by atoms with Crippen molar-refractivity contribution in [2.24, 2.45) is 0 Å². The lowest BCUT2D eigenvalue weighted by Crippen LogP contribution is -2.13. The second-order valence-corrected chi connectivity index (χ2v) is 10.6. The molecule has 0 fully saturated rings. The predicted molar refractivity (Wildman–Crippen MR) is 136 cm³/mol. The quantitative estimate of drug-likeness (QED) is 0.307. The van der Waals surface area contributed by atoms with E-state index in [0.29, 0.717) is 11.3 Å². The Kier molecular flexibility index (Phi) is 7.02. The molecular formula is C30H36O3. The van der Waals surface area contributed by atoms with Crippen LogP contribution in [0.15, 0.2) is 66.7 Å². The molecule has 0 aromatic heterocycles. The summed E-state index contributed by atoms with van der Waals surface area (Å²) in [6, 6.07) is 23.4. The van der Waals surface area contributed by atoms with Gasteiger partial charge < -0.3 is 9.47 Å². The van der Waals surface area contributed by atoms with Crippen LogP contribution in [0.25, 0.3) is 0 Å². The van der Waals surface area contributed by atoms with E-state index in [0.717, 1.165) is 5.56 Å². The van der Waals surface area contributed by atoms with Gasteiger partial charge in [0.05, 0.1) is 14.2 Å². The molecule has 0 amide bonds. The smallest absolute Gasteiger partial charge is 0.341 e. The second-order valence-electron chi connectivity index (χ2n) is 10.6. The average molecular weight is 445 g/mol. The van der Waals surface area contributed by atoms with Gasteiger partial charge in [0.25, 0.3) is 0 Å². The second kappa shape index (κ2) is 9.43. The maximum absolute atomic E-state index is 12.4. The number of carbonyl (C=O) groups is 1. The van der Waals surface area contributed by atoms with E-state index in [1.165, 1.54) is 29.4 Å². The molecule has 3 heteroatoms. The molecule has 0 atom stereocenters. The third-order valence-corrected chi connectivity index (χ3v) is 6.18. The van der Waals surface area contributed by atoms with E-state index in [4.69, 9.17) is 9.47 Å². The molecule has 3 rings (SSSR count). The summed E-state index contributed by atoms with van der Waals surface area (Å²) in [5, 5.41) is 0. The van der Waals surface area contributed by atoms with E-state index in [-0.39, 0.29) is 16.7 Å². The fourth-order valence-corrected chi connectivity index (χ4v) is 4.10. The molecule has 3 nitrogen and oxygen atoms in total. The summed E-state index contributed by atoms with van der Waals surface area (Å²) < 4.78 is 10.4. The molecule has 0 bridgehead atoms. The van der Waals surface area contributed by atoms with Crippen LogP contribution in [0.5, 0.6) is 5.75 Å². The minimum atomic E-state index is -0.404. The zero-order valence-electron chi connectivity index (χ0n) is 21.2. The Hall–Kier alpha value is -3.07. The fourth-order valence-electron chi connectivity index (χ4n) is 4.10. The number of benzene rings is 3. The van der Waals surface area contributed by atoms with Crippen molar-refractivity contribution >= 4 is 5.97 Å². The van der Waals surface area contributed by atoms with Gasteiger partial charge in [0.1, 0.15) is 11.3 Å². The molecule has 0 radical (unpaired) electrons. The summed E-state index contributed by atoms with van der Waals surface area (Å²) >= 11 is 0. The van der Waals surface area contributed by atoms with Crippen LogP contribution < -0.4 is 4.74 Å². The number of hydrogen-bond donors (Lipinski definition) is 0. The standard InChI is InChI=1S/C30H36O3/c1-29(2,3)23-14-9-20(10-15-23)27(21-11-16-24(17-12-21)30(4,5)6)22-13-18-26(32-7)25(19-22)28(31)33-8/h9-19,27H,1-8H3. The molecule has 0 saturated carbocycles. The van der Waals surface area contributed by atoms with E-state index >= 15 is 0 Å². The maximum Gasteiger partial charge on any atom is 0.341 e. The van der Waals surface area contributed by atoms with Crippen LogP contribution in [0, 0.1) is 0 Å². The van der Waals surface area contributed by atoms with Gasteiger partial charge >= 0.3 is 5.97 Å². The van der Waals surface area contributed by atoms with Gasteiger partial charge in [0.15, 0.2) is 0 Å². The molecule has 0 saturated heterocycles. The molecular weight excluding hydrogens is 408 g/mol. The lowest BCUT2D eigenvalue weighted by Gasteiger charge is -2.24. The molecule has 0 unspecified atom stereocenters. The highest BCUT2D eigenvalue weighted by atomic mass is 16.5. The van der Waals surface area contributed by atoms with Crippen molar-refractivity contribution in [3.63, 3.8) is 0 Å². The Morgan fingerprint density at radius 3 is 1.45 bits per heavy atom. The summed E-state index contributed by atoms with van der Waals surface area (Å²) in [5.41, 5.74) is 6.54. The molecule has 0 aliphatic heterocycles. The zero-order valence-corrected chi connectivity index (χ0v) is 21.2.